The number of carboxylic acids is 3. The maximum Gasteiger partial charge on any atom is 0.328 e. The fourth-order valence-electron chi connectivity index (χ4n) is 3.31. The van der Waals surface area contributed by atoms with Gasteiger partial charge in [-0.3, -0.25) is 28.8 Å². The fraction of sp³-hybridized carbons (Fsp3) is 0.696. The zero-order valence-corrected chi connectivity index (χ0v) is 22.4. The van der Waals surface area contributed by atoms with Crippen molar-refractivity contribution in [1.29, 1.82) is 0 Å². The average Bonchev–Trinajstić information content (AvgIpc) is 2.88. The van der Waals surface area contributed by atoms with Crippen LogP contribution in [-0.2, 0) is 33.6 Å². The smallest absolute Gasteiger partial charge is 0.328 e. The second kappa shape index (κ2) is 18.5. The van der Waals surface area contributed by atoms with E-state index in [0.717, 1.165) is 0 Å². The lowest BCUT2D eigenvalue weighted by molar-refractivity contribution is -0.144. The van der Waals surface area contributed by atoms with E-state index in [1.807, 2.05) is 5.32 Å². The molecule has 0 unspecified atom stereocenters. The molecule has 0 fully saturated rings. The molecule has 228 valence electrons. The third-order valence-electron chi connectivity index (χ3n) is 5.96. The Balaban J connectivity index is 5.86. The Morgan fingerprint density at radius 3 is 1.52 bits per heavy atom. The first-order valence-electron chi connectivity index (χ1n) is 12.6. The highest BCUT2D eigenvalue weighted by molar-refractivity contribution is 5.97. The Kier molecular flexibility index (Phi) is 16.7. The zero-order valence-electron chi connectivity index (χ0n) is 22.4. The molecule has 0 heterocycles. The number of rotatable bonds is 20. The molecule has 4 amide bonds. The highest BCUT2D eigenvalue weighted by atomic mass is 16.4. The first kappa shape index (κ1) is 36.2. The van der Waals surface area contributed by atoms with Crippen LogP contribution in [-0.4, -0.2) is 105 Å². The number of aliphatic hydroxyl groups is 1. The number of carbonyl (C=O) groups excluding carboxylic acids is 4. The number of aliphatic carboxylic acids is 3. The Morgan fingerprint density at radius 2 is 1.12 bits per heavy atom. The number of nitrogens with one attached hydrogen (secondary N) is 4. The van der Waals surface area contributed by atoms with E-state index in [2.05, 4.69) is 16.0 Å². The summed E-state index contributed by atoms with van der Waals surface area (Å²) in [5.41, 5.74) is 11.3. The normalized spacial score (nSPS) is 15.3. The van der Waals surface area contributed by atoms with E-state index in [-0.39, 0.29) is 18.9 Å². The van der Waals surface area contributed by atoms with E-state index >= 15 is 0 Å². The van der Waals surface area contributed by atoms with E-state index in [1.54, 1.807) is 13.8 Å². The summed E-state index contributed by atoms with van der Waals surface area (Å²) in [6.07, 6.45) is -0.711. The molecule has 0 aliphatic carbocycles. The molecule has 17 heteroatoms. The van der Waals surface area contributed by atoms with Crippen molar-refractivity contribution in [1.82, 2.24) is 21.3 Å². The first-order chi connectivity index (χ1) is 18.7. The molecule has 40 heavy (non-hydrogen) atoms. The Labute approximate surface area is 230 Å². The molecule has 0 radical (unpaired) electrons. The molecule has 0 aromatic rings. The van der Waals surface area contributed by atoms with Gasteiger partial charge in [0.1, 0.15) is 24.2 Å². The molecule has 0 aliphatic rings. The van der Waals surface area contributed by atoms with Gasteiger partial charge in [-0.15, -0.1) is 0 Å². The molecule has 0 rings (SSSR count). The SMILES string of the molecule is CC[C@H](C)[C@H](N)C(=O)N[C@@H](CC(=O)O)C(=O)N[C@@H](CC(=O)O)C(=O)N[C@@H](CCCCN)C(=O)N[C@@H](CO)C(=O)O. The van der Waals surface area contributed by atoms with Gasteiger partial charge in [-0.2, -0.15) is 0 Å². The van der Waals surface area contributed by atoms with Crippen molar-refractivity contribution in [2.24, 2.45) is 17.4 Å². The number of aliphatic hydroxyl groups excluding tert-OH is 1. The summed E-state index contributed by atoms with van der Waals surface area (Å²) in [6, 6.07) is -7.69. The Morgan fingerprint density at radius 1 is 0.700 bits per heavy atom. The average molecular weight is 577 g/mol. The summed E-state index contributed by atoms with van der Waals surface area (Å²) in [5, 5.41) is 45.3. The molecule has 12 N–H and O–H groups in total. The molecule has 17 nitrogen and oxygen atoms in total. The van der Waals surface area contributed by atoms with E-state index in [9.17, 15) is 48.9 Å². The van der Waals surface area contributed by atoms with Crippen molar-refractivity contribution in [3.8, 4) is 0 Å². The summed E-state index contributed by atoms with van der Waals surface area (Å²) < 4.78 is 0. The van der Waals surface area contributed by atoms with Gasteiger partial charge in [0.25, 0.3) is 0 Å². The number of carbonyl (C=O) groups is 7. The molecule has 0 aromatic carbocycles. The molecule has 0 saturated heterocycles. The number of unbranched alkanes of at least 4 members (excludes halogenated alkanes) is 1. The van der Waals surface area contributed by atoms with Crippen molar-refractivity contribution in [2.45, 2.75) is 82.6 Å². The number of carboxylic acid groups (broad SMARTS) is 3. The van der Waals surface area contributed by atoms with Crippen LogP contribution in [0.15, 0.2) is 0 Å². The van der Waals surface area contributed by atoms with Crippen LogP contribution in [0.2, 0.25) is 0 Å². The zero-order chi connectivity index (χ0) is 31.0. The predicted octanol–water partition coefficient (Wildman–Crippen LogP) is -3.55. The minimum Gasteiger partial charge on any atom is -0.481 e. The van der Waals surface area contributed by atoms with E-state index in [1.165, 1.54) is 0 Å². The van der Waals surface area contributed by atoms with Crippen molar-refractivity contribution < 1.29 is 54.0 Å². The second-order valence-electron chi connectivity index (χ2n) is 9.16. The molecule has 6 atom stereocenters. The summed E-state index contributed by atoms with van der Waals surface area (Å²) in [4.78, 5) is 84.8. The monoisotopic (exact) mass is 576 g/mol. The standard InChI is InChI=1S/C23H40N6O11/c1-3-11(2)18(25)22(38)28-14(9-17(33)34)21(37)27-13(8-16(31)32)20(36)26-12(6-4-5-7-24)19(35)29-15(10-30)23(39)40/h11-15,18,30H,3-10,24-25H2,1-2H3,(H,26,36)(H,27,37)(H,28,38)(H,29,35)(H,31,32)(H,33,34)(H,39,40)/t11-,12-,13-,14-,15-,18-/m0/s1. The number of nitrogens with two attached hydrogens (primary N) is 2. The van der Waals surface area contributed by atoms with Crippen LogP contribution >= 0.6 is 0 Å². The van der Waals surface area contributed by atoms with E-state index in [0.29, 0.717) is 19.3 Å². The van der Waals surface area contributed by atoms with Gasteiger partial charge in [-0.05, 0) is 31.7 Å². The number of hydrogen-bond donors (Lipinski definition) is 10. The highest BCUT2D eigenvalue weighted by Gasteiger charge is 2.33. The lowest BCUT2D eigenvalue weighted by Crippen LogP contribution is -2.59. The summed E-state index contributed by atoms with van der Waals surface area (Å²) in [7, 11) is 0. The lowest BCUT2D eigenvalue weighted by Gasteiger charge is -2.26. The topological polar surface area (TPSA) is 301 Å². The van der Waals surface area contributed by atoms with Gasteiger partial charge in [0, 0.05) is 0 Å². The maximum atomic E-state index is 13.0. The van der Waals surface area contributed by atoms with Crippen LogP contribution in [0.1, 0.15) is 52.4 Å². The summed E-state index contributed by atoms with van der Waals surface area (Å²) in [5.74, 6) is -9.05. The van der Waals surface area contributed by atoms with Gasteiger partial charge in [0.05, 0.1) is 25.5 Å². The van der Waals surface area contributed by atoms with Crippen molar-refractivity contribution in [2.75, 3.05) is 13.2 Å². The molecule has 0 spiro atoms. The largest absolute Gasteiger partial charge is 0.481 e. The van der Waals surface area contributed by atoms with Gasteiger partial charge in [0.15, 0.2) is 0 Å². The highest BCUT2D eigenvalue weighted by Crippen LogP contribution is 2.08. The minimum atomic E-state index is -1.82. The van der Waals surface area contributed by atoms with Crippen LogP contribution in [0.3, 0.4) is 0 Å². The summed E-state index contributed by atoms with van der Waals surface area (Å²) in [6.45, 7) is 2.73. The Hall–Kier alpha value is -3.83. The molecule has 0 saturated carbocycles. The van der Waals surface area contributed by atoms with Gasteiger partial charge in [-0.25, -0.2) is 4.79 Å². The van der Waals surface area contributed by atoms with Crippen LogP contribution in [0.5, 0.6) is 0 Å². The number of amides is 4. The predicted molar refractivity (Wildman–Crippen MR) is 137 cm³/mol. The van der Waals surface area contributed by atoms with Crippen LogP contribution in [0, 0.1) is 5.92 Å². The molecule has 0 aliphatic heterocycles. The maximum absolute atomic E-state index is 13.0. The van der Waals surface area contributed by atoms with Crippen molar-refractivity contribution >= 4 is 41.5 Å². The first-order valence-corrected chi connectivity index (χ1v) is 12.6. The Bertz CT molecular complexity index is 916. The van der Waals surface area contributed by atoms with Crippen molar-refractivity contribution in [3.63, 3.8) is 0 Å². The fourth-order valence-corrected chi connectivity index (χ4v) is 3.31. The molecular weight excluding hydrogens is 536 g/mol. The molecule has 0 bridgehead atoms. The van der Waals surface area contributed by atoms with Crippen LogP contribution < -0.4 is 32.7 Å². The second-order valence-corrected chi connectivity index (χ2v) is 9.16. The van der Waals surface area contributed by atoms with Crippen LogP contribution in [0.4, 0.5) is 0 Å². The van der Waals surface area contributed by atoms with Gasteiger partial charge < -0.3 is 53.2 Å². The van der Waals surface area contributed by atoms with Crippen molar-refractivity contribution in [3.05, 3.63) is 0 Å². The summed E-state index contributed by atoms with van der Waals surface area (Å²) >= 11 is 0. The molecule has 0 aromatic heterocycles. The van der Waals surface area contributed by atoms with Gasteiger partial charge in [0.2, 0.25) is 23.6 Å². The van der Waals surface area contributed by atoms with Gasteiger partial charge in [-0.1, -0.05) is 20.3 Å². The van der Waals surface area contributed by atoms with E-state index < -0.39 is 91.2 Å². The van der Waals surface area contributed by atoms with Gasteiger partial charge >= 0.3 is 17.9 Å². The third-order valence-corrected chi connectivity index (χ3v) is 5.96. The lowest BCUT2D eigenvalue weighted by atomic mass is 9.99. The third kappa shape index (κ3) is 13.3. The number of hydrogen-bond acceptors (Lipinski definition) is 10. The quantitative estimate of drug-likeness (QED) is 0.0629. The minimum absolute atomic E-state index is 0.0501. The van der Waals surface area contributed by atoms with E-state index in [4.69, 9.17) is 16.6 Å². The molecular formula is C23H40N6O11. The van der Waals surface area contributed by atoms with Crippen LogP contribution in [0.25, 0.3) is 0 Å².